The Labute approximate surface area is 243 Å². The first-order valence-electron chi connectivity index (χ1n) is 14.2. The van der Waals surface area contributed by atoms with Crippen LogP contribution in [0.5, 0.6) is 11.5 Å². The predicted molar refractivity (Wildman–Crippen MR) is 154 cm³/mol. The van der Waals surface area contributed by atoms with Crippen molar-refractivity contribution >= 4 is 17.9 Å². The average molecular weight is 578 g/mol. The van der Waals surface area contributed by atoms with Gasteiger partial charge in [0.25, 0.3) is 5.91 Å². The summed E-state index contributed by atoms with van der Waals surface area (Å²) in [4.78, 5) is 30.1. The molecule has 1 atom stereocenters. The van der Waals surface area contributed by atoms with Crippen molar-refractivity contribution in [1.29, 1.82) is 0 Å². The van der Waals surface area contributed by atoms with Crippen molar-refractivity contribution in [3.8, 4) is 11.5 Å². The van der Waals surface area contributed by atoms with E-state index in [1.807, 2.05) is 24.0 Å². The van der Waals surface area contributed by atoms with Crippen molar-refractivity contribution in [3.63, 3.8) is 0 Å². The van der Waals surface area contributed by atoms with Crippen LogP contribution in [0, 0.1) is 23.4 Å². The number of hydrogen-bond donors (Lipinski definition) is 1. The molecule has 3 aromatic rings. The Morgan fingerprint density at radius 3 is 2.48 bits per heavy atom. The summed E-state index contributed by atoms with van der Waals surface area (Å²) in [6.45, 7) is 4.77. The standard InChI is InChI=1S/C33H34F3N3O3/c1-22(17-32(40)38-15-12-27(13-16-38)37-20-23-4-7-25(34)8-5-23)21-39-14-2-3-24-6-10-28(19-29(24)33(39)41)42-31-11-9-26(35)18-30(31)36/h2-11,18-19,22,27,37H,12-17,20-21H2,1H3. The van der Waals surface area contributed by atoms with E-state index in [0.29, 0.717) is 56.3 Å². The normalized spacial score (nSPS) is 16.2. The van der Waals surface area contributed by atoms with Gasteiger partial charge in [0.15, 0.2) is 11.6 Å². The van der Waals surface area contributed by atoms with Crippen LogP contribution in [-0.4, -0.2) is 53.8 Å². The van der Waals surface area contributed by atoms with Gasteiger partial charge in [-0.25, -0.2) is 13.2 Å². The molecular formula is C33H34F3N3O3. The molecule has 9 heteroatoms. The highest BCUT2D eigenvalue weighted by atomic mass is 19.1. The maximum absolute atomic E-state index is 14.1. The fourth-order valence-corrected chi connectivity index (χ4v) is 5.40. The van der Waals surface area contributed by atoms with Gasteiger partial charge in [0, 0.05) is 51.3 Å². The Morgan fingerprint density at radius 2 is 1.74 bits per heavy atom. The number of piperidine rings is 1. The number of rotatable bonds is 9. The van der Waals surface area contributed by atoms with Gasteiger partial charge in [-0.3, -0.25) is 9.59 Å². The highest BCUT2D eigenvalue weighted by molar-refractivity contribution is 5.99. The zero-order chi connectivity index (χ0) is 29.6. The lowest BCUT2D eigenvalue weighted by Crippen LogP contribution is -2.45. The van der Waals surface area contributed by atoms with Crippen molar-refractivity contribution in [3.05, 3.63) is 101 Å². The number of carbonyl (C=O) groups excluding carboxylic acids is 2. The maximum Gasteiger partial charge on any atom is 0.254 e. The molecule has 2 aliphatic heterocycles. The first-order valence-corrected chi connectivity index (χ1v) is 14.2. The molecule has 3 aromatic carbocycles. The lowest BCUT2D eigenvalue weighted by molar-refractivity contribution is -0.133. The van der Waals surface area contributed by atoms with Gasteiger partial charge >= 0.3 is 0 Å². The molecule has 1 saturated heterocycles. The second-order valence-corrected chi connectivity index (χ2v) is 11.0. The molecular weight excluding hydrogens is 543 g/mol. The summed E-state index contributed by atoms with van der Waals surface area (Å²) >= 11 is 0. The van der Waals surface area contributed by atoms with Gasteiger partial charge in [-0.2, -0.15) is 0 Å². The van der Waals surface area contributed by atoms with E-state index in [1.54, 1.807) is 35.2 Å². The molecule has 0 spiro atoms. The highest BCUT2D eigenvalue weighted by Gasteiger charge is 2.26. The molecule has 220 valence electrons. The molecule has 0 radical (unpaired) electrons. The zero-order valence-electron chi connectivity index (χ0n) is 23.5. The first kappa shape index (κ1) is 29.4. The van der Waals surface area contributed by atoms with Crippen molar-refractivity contribution < 1.29 is 27.5 Å². The number of likely N-dealkylation sites (tertiary alicyclic amines) is 1. The molecule has 6 nitrogen and oxygen atoms in total. The van der Waals surface area contributed by atoms with Crippen LogP contribution in [-0.2, 0) is 11.3 Å². The first-order chi connectivity index (χ1) is 20.2. The summed E-state index contributed by atoms with van der Waals surface area (Å²) in [7, 11) is 0. The minimum Gasteiger partial charge on any atom is -0.454 e. The molecule has 0 aromatic heterocycles. The lowest BCUT2D eigenvalue weighted by Gasteiger charge is -2.33. The minimum atomic E-state index is -0.832. The molecule has 0 aliphatic carbocycles. The van der Waals surface area contributed by atoms with Crippen LogP contribution in [0.15, 0.2) is 66.7 Å². The molecule has 1 unspecified atom stereocenters. The summed E-state index contributed by atoms with van der Waals surface area (Å²) in [6, 6.07) is 14.7. The fraction of sp³-hybridized carbons (Fsp3) is 0.333. The smallest absolute Gasteiger partial charge is 0.254 e. The quantitative estimate of drug-likeness (QED) is 0.330. The Morgan fingerprint density at radius 1 is 1.00 bits per heavy atom. The number of nitrogens with zero attached hydrogens (tertiary/aromatic N) is 2. The van der Waals surface area contributed by atoms with Crippen molar-refractivity contribution in [2.75, 3.05) is 26.2 Å². The van der Waals surface area contributed by atoms with Crippen molar-refractivity contribution in [2.24, 2.45) is 5.92 Å². The molecule has 0 bridgehead atoms. The van der Waals surface area contributed by atoms with Gasteiger partial charge in [0.05, 0.1) is 5.56 Å². The van der Waals surface area contributed by atoms with Gasteiger partial charge in [-0.05, 0) is 66.3 Å². The van der Waals surface area contributed by atoms with Gasteiger partial charge < -0.3 is 19.9 Å². The third-order valence-electron chi connectivity index (χ3n) is 7.70. The topological polar surface area (TPSA) is 61.9 Å². The molecule has 0 saturated carbocycles. The molecule has 1 fully saturated rings. The van der Waals surface area contributed by atoms with Crippen LogP contribution in [0.1, 0.15) is 47.7 Å². The van der Waals surface area contributed by atoms with E-state index in [9.17, 15) is 22.8 Å². The fourth-order valence-electron chi connectivity index (χ4n) is 5.40. The molecule has 42 heavy (non-hydrogen) atoms. The summed E-state index contributed by atoms with van der Waals surface area (Å²) < 4.78 is 46.1. The third kappa shape index (κ3) is 7.39. The third-order valence-corrected chi connectivity index (χ3v) is 7.70. The molecule has 2 amide bonds. The monoisotopic (exact) mass is 577 g/mol. The zero-order valence-corrected chi connectivity index (χ0v) is 23.5. The summed E-state index contributed by atoms with van der Waals surface area (Å²) in [5.41, 5.74) is 2.15. The molecule has 5 rings (SSSR count). The van der Waals surface area contributed by atoms with E-state index in [1.165, 1.54) is 18.2 Å². The Bertz CT molecular complexity index is 1450. The molecule has 1 N–H and O–H groups in total. The SMILES string of the molecule is CC(CC(=O)N1CCC(NCc2ccc(F)cc2)CC1)CN1CC=Cc2ccc(Oc3ccc(F)cc3F)cc2C1=O. The summed E-state index contributed by atoms with van der Waals surface area (Å²) in [5.74, 6) is -1.83. The van der Waals surface area contributed by atoms with Crippen LogP contribution < -0.4 is 10.1 Å². The number of hydrogen-bond acceptors (Lipinski definition) is 4. The van der Waals surface area contributed by atoms with E-state index in [-0.39, 0.29) is 35.0 Å². The van der Waals surface area contributed by atoms with Gasteiger partial charge in [-0.1, -0.05) is 37.3 Å². The number of ether oxygens (including phenoxy) is 1. The van der Waals surface area contributed by atoms with E-state index in [2.05, 4.69) is 5.32 Å². The molecule has 2 heterocycles. The van der Waals surface area contributed by atoms with Crippen LogP contribution in [0.3, 0.4) is 0 Å². The van der Waals surface area contributed by atoms with Gasteiger partial charge in [-0.15, -0.1) is 0 Å². The summed E-state index contributed by atoms with van der Waals surface area (Å²) in [6.07, 6.45) is 5.79. The van der Waals surface area contributed by atoms with E-state index >= 15 is 0 Å². The van der Waals surface area contributed by atoms with Gasteiger partial charge in [0.1, 0.15) is 17.4 Å². The highest BCUT2D eigenvalue weighted by Crippen LogP contribution is 2.29. The number of halogens is 3. The second kappa shape index (κ2) is 13.2. The number of benzene rings is 3. The Kier molecular flexibility index (Phi) is 9.27. The van der Waals surface area contributed by atoms with E-state index in [4.69, 9.17) is 4.74 Å². The van der Waals surface area contributed by atoms with Crippen molar-refractivity contribution in [1.82, 2.24) is 15.1 Å². The number of carbonyl (C=O) groups is 2. The van der Waals surface area contributed by atoms with E-state index in [0.717, 1.165) is 30.5 Å². The van der Waals surface area contributed by atoms with Crippen LogP contribution in [0.25, 0.3) is 6.08 Å². The van der Waals surface area contributed by atoms with Gasteiger partial charge in [0.2, 0.25) is 5.91 Å². The average Bonchev–Trinajstić information content (AvgIpc) is 3.12. The maximum atomic E-state index is 14.1. The summed E-state index contributed by atoms with van der Waals surface area (Å²) in [5, 5.41) is 3.50. The largest absolute Gasteiger partial charge is 0.454 e. The van der Waals surface area contributed by atoms with Crippen LogP contribution in [0.4, 0.5) is 13.2 Å². The number of fused-ring (bicyclic) bond motifs is 1. The lowest BCUT2D eigenvalue weighted by atomic mass is 10.0. The van der Waals surface area contributed by atoms with E-state index < -0.39 is 11.6 Å². The Balaban J connectivity index is 1.12. The molecule has 2 aliphatic rings. The number of amides is 2. The number of nitrogens with one attached hydrogen (secondary N) is 1. The second-order valence-electron chi connectivity index (χ2n) is 11.0. The van der Waals surface area contributed by atoms with Crippen molar-refractivity contribution in [2.45, 2.75) is 38.8 Å². The van der Waals surface area contributed by atoms with Crippen LogP contribution in [0.2, 0.25) is 0 Å². The van der Waals surface area contributed by atoms with Crippen LogP contribution >= 0.6 is 0 Å². The Hall–Kier alpha value is -4.11. The minimum absolute atomic E-state index is 0.0570. The predicted octanol–water partition coefficient (Wildman–Crippen LogP) is 6.17.